The number of carbonyl (C=O) groups is 1. The zero-order valence-corrected chi connectivity index (χ0v) is 14.6. The van der Waals surface area contributed by atoms with Crippen molar-refractivity contribution in [1.82, 2.24) is 15.5 Å². The van der Waals surface area contributed by atoms with Gasteiger partial charge < -0.3 is 19.7 Å². The number of aromatic nitrogens is 2. The first-order valence-electron chi connectivity index (χ1n) is 8.50. The van der Waals surface area contributed by atoms with E-state index in [-0.39, 0.29) is 17.4 Å². The second-order valence-corrected chi connectivity index (χ2v) is 6.03. The van der Waals surface area contributed by atoms with E-state index in [0.717, 1.165) is 18.7 Å². The number of nitrogens with zero attached hydrogens (tertiary/aromatic N) is 2. The zero-order valence-electron chi connectivity index (χ0n) is 14.6. The molecule has 0 spiro atoms. The molecule has 0 aliphatic carbocycles. The maximum absolute atomic E-state index is 12.3. The second kappa shape index (κ2) is 8.37. The summed E-state index contributed by atoms with van der Waals surface area (Å²) in [6.07, 6.45) is 2.34. The van der Waals surface area contributed by atoms with E-state index in [1.807, 2.05) is 29.2 Å². The third-order valence-electron chi connectivity index (χ3n) is 4.30. The van der Waals surface area contributed by atoms with Gasteiger partial charge in [-0.1, -0.05) is 12.1 Å². The van der Waals surface area contributed by atoms with E-state index in [9.17, 15) is 9.59 Å². The molecule has 1 amide bonds. The summed E-state index contributed by atoms with van der Waals surface area (Å²) in [5.74, 6) is 1.20. The summed E-state index contributed by atoms with van der Waals surface area (Å²) in [5, 5.41) is 9.05. The predicted octanol–water partition coefficient (Wildman–Crippen LogP) is 0.800. The highest BCUT2D eigenvalue weighted by atomic mass is 16.5. The van der Waals surface area contributed by atoms with Crippen LogP contribution in [-0.4, -0.2) is 49.5 Å². The molecule has 26 heavy (non-hydrogen) atoms. The van der Waals surface area contributed by atoms with Gasteiger partial charge in [0, 0.05) is 19.2 Å². The Balaban J connectivity index is 1.44. The Morgan fingerprint density at radius 1 is 1.38 bits per heavy atom. The van der Waals surface area contributed by atoms with Crippen molar-refractivity contribution in [1.29, 1.82) is 0 Å². The first-order chi connectivity index (χ1) is 12.7. The summed E-state index contributed by atoms with van der Waals surface area (Å²) in [6, 6.07) is 8.88. The summed E-state index contributed by atoms with van der Waals surface area (Å²) in [6.45, 7) is 2.08. The van der Waals surface area contributed by atoms with Crippen LogP contribution in [0.2, 0.25) is 0 Å². The number of hydrogen-bond donors (Lipinski definition) is 2. The van der Waals surface area contributed by atoms with Gasteiger partial charge in [0.25, 0.3) is 5.56 Å². The number of benzene rings is 1. The Labute approximate surface area is 151 Å². The lowest BCUT2D eigenvalue weighted by Gasteiger charge is -2.17. The molecule has 138 valence electrons. The number of methoxy groups -OCH3 is 1. The van der Waals surface area contributed by atoms with Crippen molar-refractivity contribution in [2.24, 2.45) is 5.92 Å². The van der Waals surface area contributed by atoms with Crippen LogP contribution >= 0.6 is 0 Å². The Bertz CT molecular complexity index is 808. The van der Waals surface area contributed by atoms with Gasteiger partial charge in [0.15, 0.2) is 11.5 Å². The quantitative estimate of drug-likeness (QED) is 0.711. The van der Waals surface area contributed by atoms with E-state index in [4.69, 9.17) is 9.47 Å². The maximum Gasteiger partial charge on any atom is 0.266 e. The summed E-state index contributed by atoms with van der Waals surface area (Å²) >= 11 is 0. The summed E-state index contributed by atoms with van der Waals surface area (Å²) in [7, 11) is 1.59. The normalized spacial score (nSPS) is 16.3. The van der Waals surface area contributed by atoms with Gasteiger partial charge in [-0.2, -0.15) is 5.10 Å². The first kappa shape index (κ1) is 17.8. The minimum atomic E-state index is -0.246. The molecular formula is C18H22N4O4. The van der Waals surface area contributed by atoms with Crippen LogP contribution in [0.4, 0.5) is 5.69 Å². The highest BCUT2D eigenvalue weighted by Crippen LogP contribution is 2.25. The number of ether oxygens (including phenoxy) is 2. The number of anilines is 1. The minimum Gasteiger partial charge on any atom is -0.493 e. The van der Waals surface area contributed by atoms with Gasteiger partial charge in [0.1, 0.15) is 6.61 Å². The second-order valence-electron chi connectivity index (χ2n) is 6.03. The third kappa shape index (κ3) is 4.33. The maximum atomic E-state index is 12.3. The Morgan fingerprint density at radius 3 is 2.96 bits per heavy atom. The van der Waals surface area contributed by atoms with Crippen LogP contribution in [0.15, 0.2) is 41.3 Å². The van der Waals surface area contributed by atoms with Crippen molar-refractivity contribution in [2.75, 3.05) is 38.3 Å². The highest BCUT2D eigenvalue weighted by molar-refractivity contribution is 5.80. The smallest absolute Gasteiger partial charge is 0.266 e. The molecule has 0 bridgehead atoms. The van der Waals surface area contributed by atoms with Gasteiger partial charge in [-0.3, -0.25) is 9.59 Å². The number of rotatable bonds is 7. The van der Waals surface area contributed by atoms with Crippen LogP contribution in [0.25, 0.3) is 0 Å². The van der Waals surface area contributed by atoms with Crippen LogP contribution in [0.1, 0.15) is 6.42 Å². The molecule has 0 radical (unpaired) electrons. The molecule has 1 aliphatic heterocycles. The van der Waals surface area contributed by atoms with E-state index in [0.29, 0.717) is 31.2 Å². The molecule has 1 aliphatic rings. The van der Waals surface area contributed by atoms with Crippen molar-refractivity contribution < 1.29 is 14.3 Å². The lowest BCUT2D eigenvalue weighted by atomic mass is 10.1. The Morgan fingerprint density at radius 2 is 2.19 bits per heavy atom. The fourth-order valence-corrected chi connectivity index (χ4v) is 2.97. The molecule has 1 unspecified atom stereocenters. The molecule has 3 rings (SSSR count). The first-order valence-corrected chi connectivity index (χ1v) is 8.50. The van der Waals surface area contributed by atoms with Gasteiger partial charge in [0.2, 0.25) is 5.91 Å². The van der Waals surface area contributed by atoms with Gasteiger partial charge in [0.05, 0.1) is 31.5 Å². The number of aromatic amines is 1. The van der Waals surface area contributed by atoms with Crippen LogP contribution in [-0.2, 0) is 4.79 Å². The van der Waals surface area contributed by atoms with E-state index >= 15 is 0 Å². The molecule has 2 aromatic rings. The van der Waals surface area contributed by atoms with Crippen molar-refractivity contribution in [3.63, 3.8) is 0 Å². The SMILES string of the molecule is COc1ccccc1OCCNC(=O)C1CCN(c2cn[nH]c(=O)c2)C1. The van der Waals surface area contributed by atoms with E-state index in [1.165, 1.54) is 6.07 Å². The number of nitrogens with one attached hydrogen (secondary N) is 2. The van der Waals surface area contributed by atoms with Crippen LogP contribution in [0.5, 0.6) is 11.5 Å². The van der Waals surface area contributed by atoms with Crippen LogP contribution in [0.3, 0.4) is 0 Å². The number of hydrogen-bond acceptors (Lipinski definition) is 6. The molecular weight excluding hydrogens is 336 g/mol. The van der Waals surface area contributed by atoms with E-state index < -0.39 is 0 Å². The standard InChI is InChI=1S/C18H22N4O4/c1-25-15-4-2-3-5-16(15)26-9-7-19-18(24)13-6-8-22(12-13)14-10-17(23)21-20-11-14/h2-5,10-11,13H,6-9,12H2,1H3,(H,19,24)(H,21,23). The lowest BCUT2D eigenvalue weighted by Crippen LogP contribution is -2.35. The predicted molar refractivity (Wildman–Crippen MR) is 96.7 cm³/mol. The average molecular weight is 358 g/mol. The van der Waals surface area contributed by atoms with Gasteiger partial charge >= 0.3 is 0 Å². The molecule has 0 saturated carbocycles. The summed E-state index contributed by atoms with van der Waals surface area (Å²) < 4.78 is 10.9. The fraction of sp³-hybridized carbons (Fsp3) is 0.389. The average Bonchev–Trinajstić information content (AvgIpc) is 3.16. The van der Waals surface area contributed by atoms with Crippen molar-refractivity contribution >= 4 is 11.6 Å². The summed E-state index contributed by atoms with van der Waals surface area (Å²) in [4.78, 5) is 25.7. The molecule has 2 heterocycles. The van der Waals surface area contributed by atoms with E-state index in [2.05, 4.69) is 15.5 Å². The van der Waals surface area contributed by atoms with E-state index in [1.54, 1.807) is 13.3 Å². The summed E-state index contributed by atoms with van der Waals surface area (Å²) in [5.41, 5.74) is 0.493. The molecule has 1 atom stereocenters. The zero-order chi connectivity index (χ0) is 18.4. The monoisotopic (exact) mass is 358 g/mol. The topological polar surface area (TPSA) is 96.6 Å². The molecule has 1 saturated heterocycles. The molecule has 1 aromatic heterocycles. The number of H-pyrrole nitrogens is 1. The van der Waals surface area contributed by atoms with Crippen LogP contribution < -0.4 is 25.2 Å². The van der Waals surface area contributed by atoms with Crippen molar-refractivity contribution in [3.05, 3.63) is 46.9 Å². The lowest BCUT2D eigenvalue weighted by molar-refractivity contribution is -0.124. The number of para-hydroxylation sites is 2. The molecule has 1 fully saturated rings. The van der Waals surface area contributed by atoms with Gasteiger partial charge in [-0.15, -0.1) is 0 Å². The van der Waals surface area contributed by atoms with Gasteiger partial charge in [-0.05, 0) is 18.6 Å². The molecule has 8 nitrogen and oxygen atoms in total. The highest BCUT2D eigenvalue weighted by Gasteiger charge is 2.28. The van der Waals surface area contributed by atoms with Crippen molar-refractivity contribution in [3.8, 4) is 11.5 Å². The largest absolute Gasteiger partial charge is 0.493 e. The third-order valence-corrected chi connectivity index (χ3v) is 4.30. The minimum absolute atomic E-state index is 0.00562. The molecule has 8 heteroatoms. The molecule has 2 N–H and O–H groups in total. The number of carbonyl (C=O) groups excluding carboxylic acids is 1. The van der Waals surface area contributed by atoms with Gasteiger partial charge in [-0.25, -0.2) is 5.10 Å². The number of amides is 1. The van der Waals surface area contributed by atoms with Crippen molar-refractivity contribution in [2.45, 2.75) is 6.42 Å². The molecule has 1 aromatic carbocycles. The Kier molecular flexibility index (Phi) is 5.73. The Hall–Kier alpha value is -3.03. The van der Waals surface area contributed by atoms with Crippen LogP contribution in [0, 0.1) is 5.92 Å². The fourth-order valence-electron chi connectivity index (χ4n) is 2.97.